The fraction of sp³-hybridized carbons (Fsp3) is 0.476. The smallest absolute Gasteiger partial charge is 0.272 e. The minimum absolute atomic E-state index is 0.0464. The normalized spacial score (nSPS) is 18.3. The maximum atomic E-state index is 12.6. The van der Waals surface area contributed by atoms with Gasteiger partial charge in [-0.2, -0.15) is 0 Å². The average molecular weight is 350 g/mol. The van der Waals surface area contributed by atoms with Crippen LogP contribution in [0.5, 0.6) is 0 Å². The third kappa shape index (κ3) is 3.87. The van der Waals surface area contributed by atoms with E-state index in [0.717, 1.165) is 70.0 Å². The number of nitrogens with zero attached hydrogens (tertiary/aromatic N) is 4. The van der Waals surface area contributed by atoms with Crippen molar-refractivity contribution in [2.45, 2.75) is 32.1 Å². The van der Waals surface area contributed by atoms with Crippen LogP contribution in [-0.2, 0) is 6.42 Å². The van der Waals surface area contributed by atoms with Crippen LogP contribution in [0.1, 0.15) is 41.7 Å². The maximum absolute atomic E-state index is 12.6. The first-order valence-electron chi connectivity index (χ1n) is 9.70. The summed E-state index contributed by atoms with van der Waals surface area (Å²) in [5.74, 6) is 1.66. The van der Waals surface area contributed by atoms with Gasteiger partial charge in [0.2, 0.25) is 0 Å². The minimum atomic E-state index is 0.0464. The lowest BCUT2D eigenvalue weighted by Crippen LogP contribution is -2.35. The van der Waals surface area contributed by atoms with Crippen LogP contribution >= 0.6 is 0 Å². The van der Waals surface area contributed by atoms with E-state index in [4.69, 9.17) is 0 Å². The topological polar surface area (TPSA) is 49.3 Å². The van der Waals surface area contributed by atoms with Gasteiger partial charge in [-0.3, -0.25) is 4.79 Å². The molecule has 2 aliphatic heterocycles. The summed E-state index contributed by atoms with van der Waals surface area (Å²) in [7, 11) is 0. The first-order valence-corrected chi connectivity index (χ1v) is 9.70. The van der Waals surface area contributed by atoms with Crippen LogP contribution in [0, 0.1) is 5.92 Å². The summed E-state index contributed by atoms with van der Waals surface area (Å²) in [6.45, 7) is 3.68. The van der Waals surface area contributed by atoms with Crippen molar-refractivity contribution in [1.82, 2.24) is 14.9 Å². The molecule has 5 heteroatoms. The zero-order chi connectivity index (χ0) is 17.8. The second kappa shape index (κ2) is 7.85. The van der Waals surface area contributed by atoms with Crippen LogP contribution in [0.15, 0.2) is 42.7 Å². The summed E-state index contributed by atoms with van der Waals surface area (Å²) in [6.07, 6.45) is 7.20. The Labute approximate surface area is 155 Å². The van der Waals surface area contributed by atoms with Gasteiger partial charge in [0.05, 0.1) is 0 Å². The summed E-state index contributed by atoms with van der Waals surface area (Å²) in [4.78, 5) is 25.4. The highest BCUT2D eigenvalue weighted by molar-refractivity contribution is 5.93. The van der Waals surface area contributed by atoms with Gasteiger partial charge in [-0.15, -0.1) is 0 Å². The molecule has 0 atom stereocenters. The zero-order valence-corrected chi connectivity index (χ0v) is 15.2. The molecule has 1 aromatic heterocycles. The number of likely N-dealkylation sites (tertiary alicyclic amines) is 1. The van der Waals surface area contributed by atoms with Crippen molar-refractivity contribution in [3.63, 3.8) is 0 Å². The van der Waals surface area contributed by atoms with E-state index in [1.807, 2.05) is 11.0 Å². The number of amides is 1. The Balaban J connectivity index is 1.37. The highest BCUT2D eigenvalue weighted by atomic mass is 16.2. The molecule has 1 amide bonds. The molecule has 0 spiro atoms. The van der Waals surface area contributed by atoms with E-state index in [1.54, 1.807) is 0 Å². The molecule has 5 nitrogen and oxygen atoms in total. The fourth-order valence-electron chi connectivity index (χ4n) is 4.03. The van der Waals surface area contributed by atoms with Gasteiger partial charge in [0, 0.05) is 32.2 Å². The van der Waals surface area contributed by atoms with Crippen LogP contribution in [0.3, 0.4) is 0 Å². The molecule has 0 saturated carbocycles. The standard InChI is InChI=1S/C21H26N4O/c26-21(25-10-4-5-11-25)19-15-20(23-16-22-19)24-12-8-18(9-13-24)14-17-6-2-1-3-7-17/h1-3,6-7,15-16,18H,4-5,8-14H2. The SMILES string of the molecule is O=C(c1cc(N2CCC(Cc3ccccc3)CC2)ncn1)N1CCCC1. The molecule has 2 saturated heterocycles. The lowest BCUT2D eigenvalue weighted by molar-refractivity contribution is 0.0787. The van der Waals surface area contributed by atoms with E-state index >= 15 is 0 Å². The number of rotatable bonds is 4. The average Bonchev–Trinajstić information content (AvgIpc) is 3.24. The van der Waals surface area contributed by atoms with Gasteiger partial charge in [-0.05, 0) is 43.6 Å². The van der Waals surface area contributed by atoms with Crippen molar-refractivity contribution >= 4 is 11.7 Å². The number of carbonyl (C=O) groups excluding carboxylic acids is 1. The van der Waals surface area contributed by atoms with Gasteiger partial charge in [0.15, 0.2) is 0 Å². The van der Waals surface area contributed by atoms with E-state index in [9.17, 15) is 4.79 Å². The van der Waals surface area contributed by atoms with E-state index in [1.165, 1.54) is 11.9 Å². The quantitative estimate of drug-likeness (QED) is 0.850. The molecule has 0 N–H and O–H groups in total. The predicted molar refractivity (Wildman–Crippen MR) is 102 cm³/mol. The molecular weight excluding hydrogens is 324 g/mol. The summed E-state index contributed by atoms with van der Waals surface area (Å²) < 4.78 is 0. The third-order valence-electron chi connectivity index (χ3n) is 5.57. The molecule has 3 heterocycles. The van der Waals surface area contributed by atoms with E-state index < -0.39 is 0 Å². The van der Waals surface area contributed by atoms with Crippen LogP contribution in [0.2, 0.25) is 0 Å². The second-order valence-electron chi connectivity index (χ2n) is 7.38. The number of benzene rings is 1. The molecule has 0 radical (unpaired) electrons. The molecule has 0 unspecified atom stereocenters. The third-order valence-corrected chi connectivity index (χ3v) is 5.57. The Hall–Kier alpha value is -2.43. The Morgan fingerprint density at radius 2 is 1.73 bits per heavy atom. The van der Waals surface area contributed by atoms with Crippen LogP contribution in [-0.4, -0.2) is 47.0 Å². The first kappa shape index (κ1) is 17.0. The molecule has 1 aromatic carbocycles. The molecule has 0 aliphatic carbocycles. The predicted octanol–water partition coefficient (Wildman–Crippen LogP) is 3.17. The molecule has 2 fully saturated rings. The van der Waals surface area contributed by atoms with E-state index in [2.05, 4.69) is 45.2 Å². The summed E-state index contributed by atoms with van der Waals surface area (Å²) >= 11 is 0. The molecule has 2 aromatic rings. The van der Waals surface area contributed by atoms with Gasteiger partial charge >= 0.3 is 0 Å². The summed E-state index contributed by atoms with van der Waals surface area (Å²) in [5, 5.41) is 0. The highest BCUT2D eigenvalue weighted by Crippen LogP contribution is 2.25. The van der Waals surface area contributed by atoms with Gasteiger partial charge in [-0.1, -0.05) is 30.3 Å². The van der Waals surface area contributed by atoms with Gasteiger partial charge < -0.3 is 9.80 Å². The number of anilines is 1. The summed E-state index contributed by atoms with van der Waals surface area (Å²) in [6, 6.07) is 12.6. The molecule has 0 bridgehead atoms. The van der Waals surface area contributed by atoms with Crippen LogP contribution in [0.25, 0.3) is 0 Å². The largest absolute Gasteiger partial charge is 0.356 e. The van der Waals surface area contributed by atoms with Crippen molar-refractivity contribution in [3.8, 4) is 0 Å². The van der Waals surface area contributed by atoms with Crippen molar-refractivity contribution in [2.24, 2.45) is 5.92 Å². The lowest BCUT2D eigenvalue weighted by atomic mass is 9.90. The Kier molecular flexibility index (Phi) is 5.14. The Bertz CT molecular complexity index is 735. The van der Waals surface area contributed by atoms with Crippen molar-refractivity contribution in [1.29, 1.82) is 0 Å². The monoisotopic (exact) mass is 350 g/mol. The molecule has 4 rings (SSSR count). The number of piperidine rings is 1. The Morgan fingerprint density at radius 1 is 1.00 bits per heavy atom. The van der Waals surface area contributed by atoms with Crippen molar-refractivity contribution in [2.75, 3.05) is 31.1 Å². The lowest BCUT2D eigenvalue weighted by Gasteiger charge is -2.33. The van der Waals surface area contributed by atoms with Gasteiger partial charge in [-0.25, -0.2) is 9.97 Å². The number of hydrogen-bond acceptors (Lipinski definition) is 4. The maximum Gasteiger partial charge on any atom is 0.272 e. The van der Waals surface area contributed by atoms with Crippen molar-refractivity contribution in [3.05, 3.63) is 54.0 Å². The molecule has 136 valence electrons. The van der Waals surface area contributed by atoms with Crippen molar-refractivity contribution < 1.29 is 4.79 Å². The second-order valence-corrected chi connectivity index (χ2v) is 7.38. The zero-order valence-electron chi connectivity index (χ0n) is 15.2. The van der Waals surface area contributed by atoms with Gasteiger partial charge in [0.25, 0.3) is 5.91 Å². The fourth-order valence-corrected chi connectivity index (χ4v) is 4.03. The number of hydrogen-bond donors (Lipinski definition) is 0. The summed E-state index contributed by atoms with van der Waals surface area (Å²) in [5.41, 5.74) is 1.95. The van der Waals surface area contributed by atoms with Gasteiger partial charge in [0.1, 0.15) is 17.8 Å². The van der Waals surface area contributed by atoms with Crippen LogP contribution in [0.4, 0.5) is 5.82 Å². The Morgan fingerprint density at radius 3 is 2.46 bits per heavy atom. The van der Waals surface area contributed by atoms with E-state index in [-0.39, 0.29) is 5.91 Å². The number of aromatic nitrogens is 2. The first-order chi connectivity index (χ1) is 12.8. The highest BCUT2D eigenvalue weighted by Gasteiger charge is 2.24. The van der Waals surface area contributed by atoms with Crippen LogP contribution < -0.4 is 4.90 Å². The minimum Gasteiger partial charge on any atom is -0.356 e. The molecular formula is C21H26N4O. The molecule has 26 heavy (non-hydrogen) atoms. The van der Waals surface area contributed by atoms with E-state index in [0.29, 0.717) is 5.69 Å². The molecule has 2 aliphatic rings. The number of carbonyl (C=O) groups is 1.